The van der Waals surface area contributed by atoms with E-state index in [1.54, 1.807) is 13.2 Å². The molecule has 18 heavy (non-hydrogen) atoms. The molecule has 0 amide bonds. The van der Waals surface area contributed by atoms with Crippen molar-refractivity contribution in [2.45, 2.75) is 26.2 Å². The number of ether oxygens (including phenoxy) is 2. The lowest BCUT2D eigenvalue weighted by Gasteiger charge is -2.14. The van der Waals surface area contributed by atoms with Crippen LogP contribution < -0.4 is 15.2 Å². The summed E-state index contributed by atoms with van der Waals surface area (Å²) in [6.07, 6.45) is 3.36. The first-order chi connectivity index (χ1) is 8.60. The van der Waals surface area contributed by atoms with E-state index in [1.807, 2.05) is 6.07 Å². The Labute approximate surface area is 122 Å². The molecule has 2 N–H and O–H groups in total. The number of nitrogens with two attached hydrogens (primary N) is 1. The van der Waals surface area contributed by atoms with E-state index >= 15 is 0 Å². The Morgan fingerprint density at radius 2 is 2.11 bits per heavy atom. The Hall–Kier alpha value is -0.810. The number of thiocarbonyl (C=S) groups is 1. The molecule has 5 heteroatoms. The van der Waals surface area contributed by atoms with Crippen LogP contribution in [0.3, 0.4) is 0 Å². The molecule has 0 radical (unpaired) electrons. The zero-order chi connectivity index (χ0) is 13.5. The molecule has 0 atom stereocenters. The van der Waals surface area contributed by atoms with Crippen LogP contribution in [0.25, 0.3) is 0 Å². The molecule has 0 heterocycles. The Balaban J connectivity index is 2.86. The maximum atomic E-state index is 5.74. The second-order valence-electron chi connectivity index (χ2n) is 3.91. The minimum Gasteiger partial charge on any atom is -0.493 e. The van der Waals surface area contributed by atoms with Crippen molar-refractivity contribution in [1.82, 2.24) is 0 Å². The molecule has 3 nitrogen and oxygen atoms in total. The number of methoxy groups -OCH3 is 1. The van der Waals surface area contributed by atoms with Gasteiger partial charge in [0.2, 0.25) is 0 Å². The summed E-state index contributed by atoms with van der Waals surface area (Å²) < 4.78 is 11.9. The van der Waals surface area contributed by atoms with Gasteiger partial charge in [0.15, 0.2) is 11.5 Å². The number of benzene rings is 1. The molecule has 0 unspecified atom stereocenters. The second kappa shape index (κ2) is 7.59. The van der Waals surface area contributed by atoms with Crippen molar-refractivity contribution >= 4 is 33.1 Å². The molecule has 1 aromatic rings. The summed E-state index contributed by atoms with van der Waals surface area (Å²) in [7, 11) is 1.60. The lowest BCUT2D eigenvalue weighted by molar-refractivity contribution is 0.284. The van der Waals surface area contributed by atoms with Gasteiger partial charge in [-0.1, -0.05) is 32.0 Å². The van der Waals surface area contributed by atoms with Gasteiger partial charge in [-0.3, -0.25) is 0 Å². The van der Waals surface area contributed by atoms with Gasteiger partial charge in [0.25, 0.3) is 0 Å². The molecule has 0 saturated carbocycles. The zero-order valence-corrected chi connectivity index (χ0v) is 13.1. The minimum atomic E-state index is 0.339. The largest absolute Gasteiger partial charge is 0.493 e. The third-order valence-electron chi connectivity index (χ3n) is 2.51. The summed E-state index contributed by atoms with van der Waals surface area (Å²) in [5, 5.41) is 0. The Bertz CT molecular complexity index is 424. The number of unbranched alkanes of at least 4 members (excludes halogenated alkanes) is 2. The second-order valence-corrected chi connectivity index (χ2v) is 5.20. The van der Waals surface area contributed by atoms with Crippen LogP contribution in [0.4, 0.5) is 0 Å². The molecule has 0 fully saturated rings. The van der Waals surface area contributed by atoms with Gasteiger partial charge in [-0.2, -0.15) is 0 Å². The predicted octanol–water partition coefficient (Wildman–Crippen LogP) is 3.66. The normalized spacial score (nSPS) is 10.2. The van der Waals surface area contributed by atoms with Crippen LogP contribution in [0.2, 0.25) is 0 Å². The highest BCUT2D eigenvalue weighted by atomic mass is 79.9. The van der Waals surface area contributed by atoms with Gasteiger partial charge >= 0.3 is 0 Å². The average Bonchev–Trinajstić information content (AvgIpc) is 2.35. The van der Waals surface area contributed by atoms with Gasteiger partial charge in [-0.05, 0) is 34.5 Å². The highest BCUT2D eigenvalue weighted by Gasteiger charge is 2.12. The van der Waals surface area contributed by atoms with E-state index in [0.29, 0.717) is 23.1 Å². The van der Waals surface area contributed by atoms with Crippen molar-refractivity contribution in [3.8, 4) is 11.5 Å². The highest BCUT2D eigenvalue weighted by molar-refractivity contribution is 9.10. The first-order valence-electron chi connectivity index (χ1n) is 5.90. The molecule has 1 rings (SSSR count). The Morgan fingerprint density at radius 3 is 2.67 bits per heavy atom. The van der Waals surface area contributed by atoms with Crippen LogP contribution in [0, 0.1) is 0 Å². The molecule has 0 aliphatic carbocycles. The number of hydrogen-bond acceptors (Lipinski definition) is 3. The van der Waals surface area contributed by atoms with Crippen molar-refractivity contribution in [3.05, 3.63) is 22.2 Å². The average molecular weight is 332 g/mol. The van der Waals surface area contributed by atoms with Crippen LogP contribution in [0.15, 0.2) is 16.6 Å². The number of hydrogen-bond donors (Lipinski definition) is 1. The van der Waals surface area contributed by atoms with Gasteiger partial charge in [0, 0.05) is 5.56 Å². The van der Waals surface area contributed by atoms with Crippen LogP contribution in [0.1, 0.15) is 31.7 Å². The van der Waals surface area contributed by atoms with E-state index in [9.17, 15) is 0 Å². The lowest BCUT2D eigenvalue weighted by Crippen LogP contribution is -2.10. The fourth-order valence-corrected chi connectivity index (χ4v) is 2.20. The fourth-order valence-electron chi connectivity index (χ4n) is 1.53. The van der Waals surface area contributed by atoms with Gasteiger partial charge in [-0.25, -0.2) is 0 Å². The van der Waals surface area contributed by atoms with Gasteiger partial charge < -0.3 is 15.2 Å². The van der Waals surface area contributed by atoms with Gasteiger partial charge in [0.05, 0.1) is 18.2 Å². The predicted molar refractivity (Wildman–Crippen MR) is 81.6 cm³/mol. The molecule has 0 aromatic heterocycles. The van der Waals surface area contributed by atoms with Crippen molar-refractivity contribution < 1.29 is 9.47 Å². The van der Waals surface area contributed by atoms with E-state index in [2.05, 4.69) is 22.9 Å². The van der Waals surface area contributed by atoms with Gasteiger partial charge in [-0.15, -0.1) is 0 Å². The zero-order valence-electron chi connectivity index (χ0n) is 10.7. The number of halogens is 1. The van der Waals surface area contributed by atoms with Crippen molar-refractivity contribution in [2.75, 3.05) is 13.7 Å². The number of rotatable bonds is 7. The molecule has 0 bridgehead atoms. The third-order valence-corrected chi connectivity index (χ3v) is 3.33. The first kappa shape index (κ1) is 15.2. The van der Waals surface area contributed by atoms with Gasteiger partial charge in [0.1, 0.15) is 4.99 Å². The molecular formula is C13H18BrNO2S. The molecule has 0 aliphatic rings. The summed E-state index contributed by atoms with van der Waals surface area (Å²) in [5.74, 6) is 1.34. The van der Waals surface area contributed by atoms with Crippen molar-refractivity contribution in [3.63, 3.8) is 0 Å². The van der Waals surface area contributed by atoms with Crippen LogP contribution in [-0.4, -0.2) is 18.7 Å². The molecule has 0 spiro atoms. The standard InChI is InChI=1S/C13H18BrNO2S/c1-3-4-5-6-17-12-10(14)7-9(13(15)18)8-11(12)16-2/h7-8H,3-6H2,1-2H3,(H2,15,18). The first-order valence-corrected chi connectivity index (χ1v) is 7.10. The van der Waals surface area contributed by atoms with Crippen molar-refractivity contribution in [2.24, 2.45) is 5.73 Å². The summed E-state index contributed by atoms with van der Waals surface area (Å²) in [5.41, 5.74) is 6.37. The Kier molecular flexibility index (Phi) is 6.43. The summed E-state index contributed by atoms with van der Waals surface area (Å²) in [6, 6.07) is 3.64. The van der Waals surface area contributed by atoms with Crippen LogP contribution in [0.5, 0.6) is 11.5 Å². The summed E-state index contributed by atoms with van der Waals surface area (Å²) in [4.78, 5) is 0.339. The molecule has 100 valence electrons. The molecule has 0 saturated heterocycles. The molecular weight excluding hydrogens is 314 g/mol. The van der Waals surface area contributed by atoms with Crippen LogP contribution in [-0.2, 0) is 0 Å². The SMILES string of the molecule is CCCCCOc1c(Br)cc(C(N)=S)cc1OC. The Morgan fingerprint density at radius 1 is 1.39 bits per heavy atom. The maximum Gasteiger partial charge on any atom is 0.175 e. The third kappa shape index (κ3) is 4.14. The quantitative estimate of drug-likeness (QED) is 0.611. The van der Waals surface area contributed by atoms with E-state index in [1.165, 1.54) is 6.42 Å². The molecule has 0 aliphatic heterocycles. The van der Waals surface area contributed by atoms with E-state index in [-0.39, 0.29) is 0 Å². The molecule has 1 aromatic carbocycles. The highest BCUT2D eigenvalue weighted by Crippen LogP contribution is 2.36. The van der Waals surface area contributed by atoms with E-state index in [4.69, 9.17) is 27.4 Å². The van der Waals surface area contributed by atoms with E-state index < -0.39 is 0 Å². The monoisotopic (exact) mass is 331 g/mol. The summed E-state index contributed by atoms with van der Waals surface area (Å²) >= 11 is 8.41. The topological polar surface area (TPSA) is 44.5 Å². The minimum absolute atomic E-state index is 0.339. The maximum absolute atomic E-state index is 5.74. The smallest absolute Gasteiger partial charge is 0.175 e. The fraction of sp³-hybridized carbons (Fsp3) is 0.462. The summed E-state index contributed by atoms with van der Waals surface area (Å²) in [6.45, 7) is 2.84. The van der Waals surface area contributed by atoms with Crippen molar-refractivity contribution in [1.29, 1.82) is 0 Å². The van der Waals surface area contributed by atoms with E-state index in [0.717, 1.165) is 22.9 Å². The lowest BCUT2D eigenvalue weighted by atomic mass is 10.2. The van der Waals surface area contributed by atoms with Crippen LogP contribution >= 0.6 is 28.1 Å².